The smallest absolute Gasteiger partial charge is 0.493 e. The van der Waals surface area contributed by atoms with Crippen molar-refractivity contribution in [1.29, 1.82) is 0 Å². The lowest BCUT2D eigenvalue weighted by atomic mass is 10.1. The molecule has 0 aromatic heterocycles. The van der Waals surface area contributed by atoms with E-state index in [9.17, 15) is 100 Å². The van der Waals surface area contributed by atoms with Crippen molar-refractivity contribution in [3.8, 4) is 34.5 Å². The number of nitrogens with zero attached hydrogens (tertiary/aromatic N) is 8. The number of methoxy groups -OCH3 is 4. The second-order valence-corrected chi connectivity index (χ2v) is 26.1. The van der Waals surface area contributed by atoms with Gasteiger partial charge in [-0.1, -0.05) is 5.57 Å². The van der Waals surface area contributed by atoms with Crippen LogP contribution in [0.1, 0.15) is 138 Å². The number of ketones is 2. The van der Waals surface area contributed by atoms with Gasteiger partial charge in [0, 0.05) is 55.9 Å². The van der Waals surface area contributed by atoms with E-state index in [1.54, 1.807) is 20.0 Å². The number of unbranched alkanes of at least 4 members (excludes halogenated alkanes) is 4. The third kappa shape index (κ3) is 22.7. The SMILES string of the molecule is COC(=O)C1CC(=O)CN1C(=O)c1cc(C)c(OCCCCCOc2cc([N+](=O)[O-])c(C(=O)N3CC(=O)CC3C)cc2OC)cc1[N+](=O)[O-].COC(=O)C1CC(OS(=O)(=O)C(F)(F)F)=CN1C(=O)c1cc(C)c(OCCCCCOc2cc([N+](=O)[O-])c(C(=O)N3C=C(C)CC3C)cc2OC)cc1[N+](=O)[O-].O=C=O.O=C=O. The monoisotopic (exact) mass is 1590 g/mol. The highest BCUT2D eigenvalue weighted by atomic mass is 32.2. The van der Waals surface area contributed by atoms with Crippen LogP contribution in [0.5, 0.6) is 34.5 Å². The van der Waals surface area contributed by atoms with Gasteiger partial charge in [-0.15, -0.1) is 0 Å². The van der Waals surface area contributed by atoms with E-state index < -0.39 is 123 Å². The Hall–Kier alpha value is -12.8. The van der Waals surface area contributed by atoms with E-state index in [-0.39, 0.29) is 145 Å². The van der Waals surface area contributed by atoms with Crippen LogP contribution < -0.4 is 28.4 Å². The maximum absolute atomic E-state index is 13.5. The van der Waals surface area contributed by atoms with Crippen LogP contribution in [0.25, 0.3) is 0 Å². The molecule has 0 aliphatic carbocycles. The zero-order chi connectivity index (χ0) is 83.1. The minimum Gasteiger partial charge on any atom is -0.493 e. The Morgan fingerprint density at radius 2 is 0.838 bits per heavy atom. The fraction of sp³-hybridized carbons (Fsp3) is 0.441. The molecule has 0 radical (unpaired) electrons. The molecular formula is C68H73F3N8O31S. The van der Waals surface area contributed by atoms with Crippen LogP contribution in [-0.4, -0.2) is 205 Å². The number of likely N-dealkylation sites (tertiary alicyclic amines) is 2. The molecule has 4 unspecified atom stereocenters. The van der Waals surface area contributed by atoms with Crippen molar-refractivity contribution >= 4 is 92.3 Å². The Morgan fingerprint density at radius 1 is 0.477 bits per heavy atom. The topological polar surface area (TPSA) is 508 Å². The number of carbonyl (C=O) groups is 8. The highest BCUT2D eigenvalue weighted by molar-refractivity contribution is 7.87. The minimum absolute atomic E-state index is 0.0203. The van der Waals surface area contributed by atoms with E-state index in [1.165, 1.54) is 49.1 Å². The Bertz CT molecular complexity index is 4520. The number of nitro benzene ring substituents is 4. The largest absolute Gasteiger partial charge is 0.534 e. The van der Waals surface area contributed by atoms with Crippen molar-refractivity contribution < 1.29 is 141 Å². The first-order chi connectivity index (χ1) is 52.3. The summed E-state index contributed by atoms with van der Waals surface area (Å²) in [6.07, 6.45) is 5.37. The zero-order valence-electron chi connectivity index (χ0n) is 60.7. The van der Waals surface area contributed by atoms with Gasteiger partial charge in [-0.3, -0.25) is 74.1 Å². The molecule has 4 aromatic carbocycles. The molecule has 4 aliphatic heterocycles. The van der Waals surface area contributed by atoms with E-state index in [4.69, 9.17) is 47.6 Å². The van der Waals surface area contributed by atoms with Gasteiger partial charge in [0.2, 0.25) is 0 Å². The lowest BCUT2D eigenvalue weighted by Crippen LogP contribution is -2.41. The van der Waals surface area contributed by atoms with Crippen LogP contribution in [0.15, 0.2) is 72.3 Å². The third-order valence-corrected chi connectivity index (χ3v) is 17.9. The first-order valence-corrected chi connectivity index (χ1v) is 34.4. The summed E-state index contributed by atoms with van der Waals surface area (Å²) in [6.45, 7) is 8.42. The molecule has 111 heavy (non-hydrogen) atoms. The van der Waals surface area contributed by atoms with Crippen LogP contribution in [0.3, 0.4) is 0 Å². The van der Waals surface area contributed by atoms with Gasteiger partial charge in [0.15, 0.2) is 34.6 Å². The minimum atomic E-state index is -6.16. The van der Waals surface area contributed by atoms with E-state index in [1.807, 2.05) is 13.8 Å². The second kappa shape index (κ2) is 39.9. The van der Waals surface area contributed by atoms with Crippen LogP contribution in [0, 0.1) is 54.3 Å². The summed E-state index contributed by atoms with van der Waals surface area (Å²) < 4.78 is 109. The van der Waals surface area contributed by atoms with Crippen LogP contribution >= 0.6 is 0 Å². The van der Waals surface area contributed by atoms with Crippen molar-refractivity contribution in [1.82, 2.24) is 19.6 Å². The van der Waals surface area contributed by atoms with Crippen LogP contribution in [0.2, 0.25) is 0 Å². The number of halogens is 3. The summed E-state index contributed by atoms with van der Waals surface area (Å²) in [5.74, 6) is -6.08. The molecule has 598 valence electrons. The Balaban J connectivity index is 0.000000373. The number of hydrogen-bond donors (Lipinski definition) is 0. The van der Waals surface area contributed by atoms with E-state index in [0.717, 1.165) is 55.0 Å². The van der Waals surface area contributed by atoms with Crippen molar-refractivity contribution in [2.24, 2.45) is 0 Å². The number of rotatable bonds is 30. The maximum atomic E-state index is 13.5. The number of Topliss-reactive ketones (excluding diaryl/α,β-unsaturated/α-hetero) is 2. The molecule has 4 aliphatic rings. The number of benzene rings is 4. The van der Waals surface area contributed by atoms with Gasteiger partial charge in [0.1, 0.15) is 51.6 Å². The van der Waals surface area contributed by atoms with Crippen molar-refractivity contribution in [2.45, 2.75) is 129 Å². The number of ether oxygens (including phenoxy) is 8. The predicted octanol–water partition coefficient (Wildman–Crippen LogP) is 7.72. The highest BCUT2D eigenvalue weighted by Crippen LogP contribution is 2.41. The Labute approximate surface area is 627 Å². The average molecular weight is 1590 g/mol. The number of carbonyl (C=O) groups excluding carboxylic acids is 12. The normalized spacial score (nSPS) is 16.3. The van der Waals surface area contributed by atoms with Crippen LogP contribution in [-0.2, 0) is 62.1 Å². The number of nitro groups is 4. The molecule has 43 heteroatoms. The molecule has 8 rings (SSSR count). The van der Waals surface area contributed by atoms with Gasteiger partial charge in [-0.05, 0) is 103 Å². The molecule has 0 spiro atoms. The molecule has 2 saturated heterocycles. The van der Waals surface area contributed by atoms with Crippen molar-refractivity contribution in [3.63, 3.8) is 0 Å². The molecule has 39 nitrogen and oxygen atoms in total. The Morgan fingerprint density at radius 3 is 1.22 bits per heavy atom. The molecular weight excluding hydrogens is 1510 g/mol. The quantitative estimate of drug-likeness (QED) is 0.0120. The number of esters is 2. The predicted molar refractivity (Wildman–Crippen MR) is 366 cm³/mol. The second-order valence-electron chi connectivity index (χ2n) is 24.5. The third-order valence-electron chi connectivity index (χ3n) is 16.9. The number of hydrogen-bond acceptors (Lipinski definition) is 31. The summed E-state index contributed by atoms with van der Waals surface area (Å²) >= 11 is 0. The van der Waals surface area contributed by atoms with Gasteiger partial charge in [0.05, 0.1) is 112 Å². The summed E-state index contributed by atoms with van der Waals surface area (Å²) in [5.41, 5.74) is -7.68. The van der Waals surface area contributed by atoms with Crippen LogP contribution in [0.4, 0.5) is 35.9 Å². The van der Waals surface area contributed by atoms with E-state index in [0.29, 0.717) is 61.6 Å². The molecule has 4 heterocycles. The van der Waals surface area contributed by atoms with Crippen molar-refractivity contribution in [3.05, 3.63) is 146 Å². The molecule has 4 amide bonds. The number of alkyl halides is 3. The summed E-state index contributed by atoms with van der Waals surface area (Å²) in [6, 6.07) is 5.80. The standard InChI is InChI=1S/C34H37F3N4O14S.C32H36N4O13.2CO2/c1-19-11-21(3)38(17-19)31(42)24-14-29(51-4)30(16-26(24)41(47)48)54-10-8-6-7-9-53-28-15-25(40(45)46)23(12-20(28)2)32(43)39-18-22(13-27(39)33(44)52-5)55-56(49,50)34(35,36)37;1-18-10-22(31(40)34-17-21(38)12-26(34)32(41)47-4)24(35(42)43)14-27(18)48-8-6-5-7-9-49-29-15-25(36(44)45)23(13-28(29)46-3)30(39)33-16-20(37)11-19(33)2;2*2-1-3/h12,14-18,21,27H,6-11,13H2,1-5H3;10,13-15,19,26H,5-9,11-12,16-17H2,1-4H3;;. The molecule has 0 bridgehead atoms. The lowest BCUT2D eigenvalue weighted by molar-refractivity contribution is -0.385. The number of amides is 4. The van der Waals surface area contributed by atoms with Gasteiger partial charge in [-0.25, -0.2) is 9.59 Å². The lowest BCUT2D eigenvalue weighted by Gasteiger charge is -2.22. The first kappa shape index (κ1) is 88.8. The van der Waals surface area contributed by atoms with Gasteiger partial charge >= 0.3 is 39.9 Å². The fourth-order valence-electron chi connectivity index (χ4n) is 11.7. The van der Waals surface area contributed by atoms with E-state index in [2.05, 4.69) is 13.7 Å². The van der Waals surface area contributed by atoms with E-state index >= 15 is 0 Å². The summed E-state index contributed by atoms with van der Waals surface area (Å²) in [5, 5.41) is 47.6. The van der Waals surface area contributed by atoms with Gasteiger partial charge in [0.25, 0.3) is 46.4 Å². The molecule has 4 aromatic rings. The zero-order valence-corrected chi connectivity index (χ0v) is 61.5. The number of aryl methyl sites for hydroxylation is 2. The summed E-state index contributed by atoms with van der Waals surface area (Å²) in [4.78, 5) is 183. The van der Waals surface area contributed by atoms with Crippen molar-refractivity contribution in [2.75, 3.05) is 68.0 Å². The average Bonchev–Trinajstić information content (AvgIpc) is 1.21. The van der Waals surface area contributed by atoms with Gasteiger partial charge in [-0.2, -0.15) is 40.8 Å². The molecule has 4 atom stereocenters. The van der Waals surface area contributed by atoms with Gasteiger partial charge < -0.3 is 56.8 Å². The summed E-state index contributed by atoms with van der Waals surface area (Å²) in [7, 11) is -1.46. The Kier molecular flexibility index (Phi) is 31.9. The maximum Gasteiger partial charge on any atom is 0.534 e. The molecule has 2 fully saturated rings. The molecule has 0 N–H and O–H groups in total. The highest BCUT2D eigenvalue weighted by Gasteiger charge is 2.51. The molecule has 0 saturated carbocycles. The first-order valence-electron chi connectivity index (χ1n) is 33.0. The fourth-order valence-corrected chi connectivity index (χ4v) is 12.1.